The lowest BCUT2D eigenvalue weighted by molar-refractivity contribution is -0.137. The molecule has 2 heterocycles. The lowest BCUT2D eigenvalue weighted by atomic mass is 10.1. The Morgan fingerprint density at radius 1 is 1.16 bits per heavy atom. The largest absolute Gasteiger partial charge is 0.416 e. The number of aliphatic imine (C=N–C) groups is 1. The zero-order valence-electron chi connectivity index (χ0n) is 13.8. The SMILES string of the molecule is CN=C(NCc1ccc(C(F)(F)F)cc1)NCc1nnc2n1CCC2. The number of hydrogen-bond acceptors (Lipinski definition) is 3. The maximum atomic E-state index is 12.6. The highest BCUT2D eigenvalue weighted by atomic mass is 19.4. The van der Waals surface area contributed by atoms with E-state index in [-0.39, 0.29) is 0 Å². The average Bonchev–Trinajstić information content (AvgIpc) is 3.19. The van der Waals surface area contributed by atoms with Gasteiger partial charge in [0.05, 0.1) is 12.1 Å². The van der Waals surface area contributed by atoms with Gasteiger partial charge in [0.15, 0.2) is 11.8 Å². The van der Waals surface area contributed by atoms with Gasteiger partial charge >= 0.3 is 6.18 Å². The van der Waals surface area contributed by atoms with Crippen LogP contribution in [0.3, 0.4) is 0 Å². The van der Waals surface area contributed by atoms with Crippen molar-refractivity contribution in [2.24, 2.45) is 4.99 Å². The van der Waals surface area contributed by atoms with Gasteiger partial charge in [-0.1, -0.05) is 12.1 Å². The molecule has 0 amide bonds. The zero-order valence-corrected chi connectivity index (χ0v) is 13.8. The van der Waals surface area contributed by atoms with Crippen LogP contribution in [0.25, 0.3) is 0 Å². The minimum absolute atomic E-state index is 0.371. The number of nitrogens with zero attached hydrogens (tertiary/aromatic N) is 4. The van der Waals surface area contributed by atoms with E-state index in [1.807, 2.05) is 0 Å². The molecule has 0 unspecified atom stereocenters. The maximum absolute atomic E-state index is 12.6. The summed E-state index contributed by atoms with van der Waals surface area (Å²) in [5, 5.41) is 14.5. The van der Waals surface area contributed by atoms with Crippen molar-refractivity contribution in [3.8, 4) is 0 Å². The Balaban J connectivity index is 1.52. The summed E-state index contributed by atoms with van der Waals surface area (Å²) in [6.45, 7) is 1.78. The number of benzene rings is 1. The van der Waals surface area contributed by atoms with Crippen molar-refractivity contribution in [2.45, 2.75) is 38.7 Å². The second-order valence-electron chi connectivity index (χ2n) is 5.76. The fraction of sp³-hybridized carbons (Fsp3) is 0.438. The predicted molar refractivity (Wildman–Crippen MR) is 86.8 cm³/mol. The Bertz CT molecular complexity index is 748. The summed E-state index contributed by atoms with van der Waals surface area (Å²) in [5.74, 6) is 2.41. The molecule has 1 aliphatic rings. The molecule has 2 N–H and O–H groups in total. The minimum Gasteiger partial charge on any atom is -0.352 e. The molecule has 25 heavy (non-hydrogen) atoms. The molecular weight excluding hydrogens is 333 g/mol. The third kappa shape index (κ3) is 4.09. The number of guanidine groups is 1. The summed E-state index contributed by atoms with van der Waals surface area (Å²) >= 11 is 0. The zero-order chi connectivity index (χ0) is 17.9. The van der Waals surface area contributed by atoms with E-state index in [1.165, 1.54) is 12.1 Å². The number of hydrogen-bond donors (Lipinski definition) is 2. The Labute approximate surface area is 143 Å². The smallest absolute Gasteiger partial charge is 0.352 e. The van der Waals surface area contributed by atoms with Crippen molar-refractivity contribution >= 4 is 5.96 Å². The van der Waals surface area contributed by atoms with Crippen LogP contribution in [-0.2, 0) is 32.2 Å². The van der Waals surface area contributed by atoms with Gasteiger partial charge in [0.25, 0.3) is 0 Å². The minimum atomic E-state index is -4.32. The quantitative estimate of drug-likeness (QED) is 0.653. The molecule has 2 aromatic rings. The standard InChI is InChI=1S/C16H19F3N6/c1-20-15(22-10-14-24-23-13-3-2-8-25(13)14)21-9-11-4-6-12(7-5-11)16(17,18)19/h4-7H,2-3,8-10H2,1H3,(H2,20,21,22). The van der Waals surface area contributed by atoms with Crippen LogP contribution in [0.4, 0.5) is 13.2 Å². The molecule has 6 nitrogen and oxygen atoms in total. The Morgan fingerprint density at radius 3 is 2.56 bits per heavy atom. The van der Waals surface area contributed by atoms with Crippen LogP contribution in [0.15, 0.2) is 29.3 Å². The van der Waals surface area contributed by atoms with Crippen LogP contribution in [0.1, 0.15) is 29.2 Å². The second-order valence-corrected chi connectivity index (χ2v) is 5.76. The summed E-state index contributed by atoms with van der Waals surface area (Å²) in [7, 11) is 1.64. The van der Waals surface area contributed by atoms with Crippen molar-refractivity contribution in [1.29, 1.82) is 0 Å². The van der Waals surface area contributed by atoms with Gasteiger partial charge in [0.2, 0.25) is 0 Å². The Kier molecular flexibility index (Phi) is 4.91. The molecule has 1 aromatic carbocycles. The highest BCUT2D eigenvalue weighted by molar-refractivity contribution is 5.79. The highest BCUT2D eigenvalue weighted by Crippen LogP contribution is 2.29. The van der Waals surface area contributed by atoms with Crippen molar-refractivity contribution in [3.63, 3.8) is 0 Å². The molecule has 0 bridgehead atoms. The normalized spacial score (nSPS) is 14.5. The van der Waals surface area contributed by atoms with E-state index >= 15 is 0 Å². The van der Waals surface area contributed by atoms with E-state index in [4.69, 9.17) is 0 Å². The first-order chi connectivity index (χ1) is 12.0. The van der Waals surface area contributed by atoms with Gasteiger partial charge in [-0.3, -0.25) is 4.99 Å². The molecule has 134 valence electrons. The molecule has 0 fully saturated rings. The Hall–Kier alpha value is -2.58. The van der Waals surface area contributed by atoms with E-state index in [2.05, 4.69) is 30.4 Å². The van der Waals surface area contributed by atoms with E-state index in [1.54, 1.807) is 7.05 Å². The van der Waals surface area contributed by atoms with E-state index < -0.39 is 11.7 Å². The first-order valence-corrected chi connectivity index (χ1v) is 7.99. The molecule has 9 heteroatoms. The molecule has 1 aliphatic heterocycles. The van der Waals surface area contributed by atoms with Gasteiger partial charge in [0.1, 0.15) is 5.82 Å². The van der Waals surface area contributed by atoms with E-state index in [0.29, 0.717) is 19.0 Å². The van der Waals surface area contributed by atoms with Crippen LogP contribution in [0.5, 0.6) is 0 Å². The third-order valence-corrected chi connectivity index (χ3v) is 4.06. The van der Waals surface area contributed by atoms with Crippen LogP contribution in [-0.4, -0.2) is 27.8 Å². The monoisotopic (exact) mass is 352 g/mol. The molecule has 1 aromatic heterocycles. The third-order valence-electron chi connectivity index (χ3n) is 4.06. The number of aryl methyl sites for hydroxylation is 1. The topological polar surface area (TPSA) is 67.1 Å². The lowest BCUT2D eigenvalue weighted by Gasteiger charge is -2.12. The van der Waals surface area contributed by atoms with Crippen molar-refractivity contribution < 1.29 is 13.2 Å². The summed E-state index contributed by atoms with van der Waals surface area (Å²) in [6.07, 6.45) is -2.28. The molecule has 0 saturated heterocycles. The number of halogens is 3. The van der Waals surface area contributed by atoms with Crippen LogP contribution >= 0.6 is 0 Å². The molecule has 0 saturated carbocycles. The number of aromatic nitrogens is 3. The van der Waals surface area contributed by atoms with Gasteiger partial charge in [0, 0.05) is 26.6 Å². The molecule has 0 radical (unpaired) electrons. The number of rotatable bonds is 4. The first kappa shape index (κ1) is 17.2. The van der Waals surface area contributed by atoms with Gasteiger partial charge < -0.3 is 15.2 Å². The number of alkyl halides is 3. The van der Waals surface area contributed by atoms with Gasteiger partial charge in [-0.2, -0.15) is 13.2 Å². The predicted octanol–water partition coefficient (Wildman–Crippen LogP) is 2.11. The Morgan fingerprint density at radius 2 is 1.88 bits per heavy atom. The molecule has 0 spiro atoms. The highest BCUT2D eigenvalue weighted by Gasteiger charge is 2.29. The number of fused-ring (bicyclic) bond motifs is 1. The molecule has 0 aliphatic carbocycles. The second kappa shape index (κ2) is 7.12. The molecule has 3 rings (SSSR count). The van der Waals surface area contributed by atoms with Crippen molar-refractivity contribution in [2.75, 3.05) is 7.05 Å². The van der Waals surface area contributed by atoms with Crippen molar-refractivity contribution in [3.05, 3.63) is 47.0 Å². The summed E-state index contributed by atoms with van der Waals surface area (Å²) in [5.41, 5.74) is 0.0822. The molecule has 0 atom stereocenters. The summed E-state index contributed by atoms with van der Waals surface area (Å²) in [4.78, 5) is 4.11. The summed E-state index contributed by atoms with van der Waals surface area (Å²) in [6, 6.07) is 5.06. The van der Waals surface area contributed by atoms with Gasteiger partial charge in [-0.05, 0) is 24.1 Å². The van der Waals surface area contributed by atoms with E-state index in [0.717, 1.165) is 48.7 Å². The van der Waals surface area contributed by atoms with Crippen molar-refractivity contribution in [1.82, 2.24) is 25.4 Å². The fourth-order valence-corrected chi connectivity index (χ4v) is 2.72. The van der Waals surface area contributed by atoms with Crippen LogP contribution in [0.2, 0.25) is 0 Å². The van der Waals surface area contributed by atoms with Crippen LogP contribution < -0.4 is 10.6 Å². The first-order valence-electron chi connectivity index (χ1n) is 7.99. The van der Waals surface area contributed by atoms with Gasteiger partial charge in [-0.25, -0.2) is 0 Å². The average molecular weight is 352 g/mol. The number of nitrogens with one attached hydrogen (secondary N) is 2. The maximum Gasteiger partial charge on any atom is 0.416 e. The van der Waals surface area contributed by atoms with E-state index in [9.17, 15) is 13.2 Å². The summed E-state index contributed by atoms with van der Waals surface area (Å²) < 4.78 is 39.8. The molecular formula is C16H19F3N6. The fourth-order valence-electron chi connectivity index (χ4n) is 2.72. The van der Waals surface area contributed by atoms with Crippen LogP contribution in [0, 0.1) is 0 Å². The van der Waals surface area contributed by atoms with Gasteiger partial charge in [-0.15, -0.1) is 10.2 Å². The lowest BCUT2D eigenvalue weighted by Crippen LogP contribution is -2.37.